The van der Waals surface area contributed by atoms with E-state index in [2.05, 4.69) is 16.0 Å². The molecule has 3 N–H and O–H groups in total. The summed E-state index contributed by atoms with van der Waals surface area (Å²) < 4.78 is 10.5. The van der Waals surface area contributed by atoms with Crippen molar-refractivity contribution in [1.82, 2.24) is 20.9 Å². The molecule has 1 unspecified atom stereocenters. The van der Waals surface area contributed by atoms with Gasteiger partial charge in [0.25, 0.3) is 0 Å². The maximum Gasteiger partial charge on any atom is 0.325 e. The summed E-state index contributed by atoms with van der Waals surface area (Å²) in [4.78, 5) is 63.7. The number of rotatable bonds is 8. The van der Waals surface area contributed by atoms with Crippen LogP contribution in [0.15, 0.2) is 18.2 Å². The lowest BCUT2D eigenvalue weighted by Gasteiger charge is -2.25. The van der Waals surface area contributed by atoms with Crippen molar-refractivity contribution in [3.8, 4) is 5.75 Å². The molecule has 2 rings (SSSR count). The van der Waals surface area contributed by atoms with E-state index in [0.29, 0.717) is 16.3 Å². The number of carbonyl (C=O) groups excluding carboxylic acids is 5. The number of urea groups is 1. The predicted octanol–water partition coefficient (Wildman–Crippen LogP) is 1.41. The van der Waals surface area contributed by atoms with Gasteiger partial charge in [-0.25, -0.2) is 4.79 Å². The normalized spacial score (nSPS) is 16.9. The fourth-order valence-corrected chi connectivity index (χ4v) is 3.76. The van der Waals surface area contributed by atoms with Crippen LogP contribution in [0, 0.1) is 5.92 Å². The largest absolute Gasteiger partial charge is 0.496 e. The average Bonchev–Trinajstić information content (AvgIpc) is 2.93. The molecular formula is C24H33ClN4O7. The second-order valence-corrected chi connectivity index (χ2v) is 9.74. The van der Waals surface area contributed by atoms with Gasteiger partial charge in [-0.3, -0.25) is 24.1 Å². The van der Waals surface area contributed by atoms with Crippen molar-refractivity contribution in [2.24, 2.45) is 5.92 Å². The number of hydrogen-bond donors (Lipinski definition) is 3. The number of carbonyl (C=O) groups is 5. The zero-order chi connectivity index (χ0) is 27.0. The first-order chi connectivity index (χ1) is 16.8. The standard InChI is InChI=1S/C24H33ClN4O7/c1-6-17(21(32)27-12-20(31)36-24(2,3)4)28-23(34)29-13-19(30)26-11-15(22(29)33)9-14-10-16(25)7-8-18(14)35-5/h7-8,10,15,17H,6,9,11-13H2,1-5H3,(H,26,30)(H,27,32)(H,28,34)/t15?,17-/m1/s1. The number of esters is 1. The zero-order valence-electron chi connectivity index (χ0n) is 21.1. The summed E-state index contributed by atoms with van der Waals surface area (Å²) in [7, 11) is 1.49. The molecule has 1 aliphatic heterocycles. The van der Waals surface area contributed by atoms with Crippen molar-refractivity contribution in [2.75, 3.05) is 26.7 Å². The Morgan fingerprint density at radius 1 is 1.25 bits per heavy atom. The first-order valence-electron chi connectivity index (χ1n) is 11.5. The number of nitrogens with zero attached hydrogens (tertiary/aromatic N) is 1. The van der Waals surface area contributed by atoms with Gasteiger partial charge in [0.1, 0.15) is 30.5 Å². The first kappa shape index (κ1) is 28.9. The van der Waals surface area contributed by atoms with Crippen LogP contribution in [-0.2, 0) is 30.3 Å². The lowest BCUT2D eigenvalue weighted by Crippen LogP contribution is -2.54. The van der Waals surface area contributed by atoms with Gasteiger partial charge in [0.15, 0.2) is 0 Å². The van der Waals surface area contributed by atoms with Gasteiger partial charge < -0.3 is 25.4 Å². The van der Waals surface area contributed by atoms with Crippen LogP contribution in [0.1, 0.15) is 39.7 Å². The van der Waals surface area contributed by atoms with Crippen molar-refractivity contribution >= 4 is 41.3 Å². The van der Waals surface area contributed by atoms with E-state index in [4.69, 9.17) is 21.1 Å². The molecule has 1 aromatic rings. The van der Waals surface area contributed by atoms with Gasteiger partial charge in [-0.1, -0.05) is 18.5 Å². The van der Waals surface area contributed by atoms with Crippen LogP contribution < -0.4 is 20.7 Å². The molecule has 12 heteroatoms. The highest BCUT2D eigenvalue weighted by atomic mass is 35.5. The second kappa shape index (κ2) is 12.6. The third-order valence-electron chi connectivity index (χ3n) is 5.27. The van der Waals surface area contributed by atoms with E-state index in [1.807, 2.05) is 0 Å². The first-order valence-corrected chi connectivity index (χ1v) is 11.9. The number of amides is 5. The lowest BCUT2D eigenvalue weighted by molar-refractivity contribution is -0.154. The van der Waals surface area contributed by atoms with Crippen molar-refractivity contribution in [3.63, 3.8) is 0 Å². The van der Waals surface area contributed by atoms with E-state index >= 15 is 0 Å². The summed E-state index contributed by atoms with van der Waals surface area (Å²) >= 11 is 6.09. The smallest absolute Gasteiger partial charge is 0.325 e. The van der Waals surface area contributed by atoms with Crippen LogP contribution in [0.3, 0.4) is 0 Å². The van der Waals surface area contributed by atoms with E-state index in [9.17, 15) is 24.0 Å². The monoisotopic (exact) mass is 524 g/mol. The summed E-state index contributed by atoms with van der Waals surface area (Å²) in [5, 5.41) is 7.99. The molecule has 0 saturated carbocycles. The molecule has 2 atom stereocenters. The molecule has 1 aromatic carbocycles. The maximum atomic E-state index is 13.2. The van der Waals surface area contributed by atoms with Gasteiger partial charge >= 0.3 is 12.0 Å². The fourth-order valence-electron chi connectivity index (χ4n) is 3.57. The van der Waals surface area contributed by atoms with Crippen molar-refractivity contribution in [3.05, 3.63) is 28.8 Å². The van der Waals surface area contributed by atoms with E-state index in [1.165, 1.54) is 7.11 Å². The summed E-state index contributed by atoms with van der Waals surface area (Å²) in [6.45, 7) is 5.90. The van der Waals surface area contributed by atoms with Gasteiger partial charge in [0.05, 0.1) is 13.0 Å². The average molecular weight is 525 g/mol. The number of halogens is 1. The topological polar surface area (TPSA) is 143 Å². The molecular weight excluding hydrogens is 492 g/mol. The Balaban J connectivity index is 2.10. The Kier molecular flexibility index (Phi) is 10.1. The molecule has 0 aromatic heterocycles. The summed E-state index contributed by atoms with van der Waals surface area (Å²) in [5.41, 5.74) is -0.0627. The van der Waals surface area contributed by atoms with Gasteiger partial charge in [-0.2, -0.15) is 0 Å². The van der Waals surface area contributed by atoms with Crippen LogP contribution in [0.25, 0.3) is 0 Å². The lowest BCUT2D eigenvalue weighted by atomic mass is 9.97. The van der Waals surface area contributed by atoms with E-state index in [-0.39, 0.29) is 25.9 Å². The number of benzene rings is 1. The van der Waals surface area contributed by atoms with Crippen LogP contribution in [0.2, 0.25) is 5.02 Å². The molecule has 0 aliphatic carbocycles. The van der Waals surface area contributed by atoms with Crippen LogP contribution >= 0.6 is 11.6 Å². The molecule has 11 nitrogen and oxygen atoms in total. The minimum atomic E-state index is -1.04. The quantitative estimate of drug-likeness (QED) is 0.436. The van der Waals surface area contributed by atoms with Crippen LogP contribution in [0.4, 0.5) is 4.79 Å². The van der Waals surface area contributed by atoms with E-state index < -0.39 is 53.8 Å². The zero-order valence-corrected chi connectivity index (χ0v) is 21.9. The highest BCUT2D eigenvalue weighted by Gasteiger charge is 2.35. The Morgan fingerprint density at radius 3 is 2.56 bits per heavy atom. The third-order valence-corrected chi connectivity index (χ3v) is 5.50. The van der Waals surface area contributed by atoms with Crippen LogP contribution in [0.5, 0.6) is 5.75 Å². The second-order valence-electron chi connectivity index (χ2n) is 9.30. The van der Waals surface area contributed by atoms with Gasteiger partial charge in [0.2, 0.25) is 17.7 Å². The molecule has 1 aliphatic rings. The minimum Gasteiger partial charge on any atom is -0.496 e. The number of hydrogen-bond acceptors (Lipinski definition) is 7. The Bertz CT molecular complexity index is 1010. The Hall–Kier alpha value is -3.34. The van der Waals surface area contributed by atoms with Crippen molar-refractivity contribution in [1.29, 1.82) is 0 Å². The number of ether oxygens (including phenoxy) is 2. The van der Waals surface area contributed by atoms with Crippen molar-refractivity contribution < 1.29 is 33.4 Å². The van der Waals surface area contributed by atoms with Crippen molar-refractivity contribution in [2.45, 2.75) is 52.2 Å². The van der Waals surface area contributed by atoms with Gasteiger partial charge in [-0.15, -0.1) is 0 Å². The molecule has 0 bridgehead atoms. The van der Waals surface area contributed by atoms with Crippen LogP contribution in [-0.4, -0.2) is 73.0 Å². The maximum absolute atomic E-state index is 13.2. The minimum absolute atomic E-state index is 0.0185. The van der Waals surface area contributed by atoms with Gasteiger partial charge in [0, 0.05) is 11.6 Å². The highest BCUT2D eigenvalue weighted by molar-refractivity contribution is 6.30. The molecule has 1 heterocycles. The number of imide groups is 1. The molecule has 0 spiro atoms. The van der Waals surface area contributed by atoms with Gasteiger partial charge in [-0.05, 0) is 57.4 Å². The molecule has 0 radical (unpaired) electrons. The predicted molar refractivity (Wildman–Crippen MR) is 131 cm³/mol. The SMILES string of the molecule is CC[C@@H](NC(=O)N1CC(=O)NCC(Cc2cc(Cl)ccc2OC)C1=O)C(=O)NCC(=O)OC(C)(C)C. The third kappa shape index (κ3) is 8.40. The summed E-state index contributed by atoms with van der Waals surface area (Å²) in [6.07, 6.45) is 0.351. The number of methoxy groups -OCH3 is 1. The Morgan fingerprint density at radius 2 is 1.94 bits per heavy atom. The summed E-state index contributed by atoms with van der Waals surface area (Å²) in [5.74, 6) is -2.60. The molecule has 1 saturated heterocycles. The molecule has 198 valence electrons. The van der Waals surface area contributed by atoms with E-state index in [0.717, 1.165) is 4.90 Å². The molecule has 5 amide bonds. The summed E-state index contributed by atoms with van der Waals surface area (Å²) in [6, 6.07) is 3.06. The van der Waals surface area contributed by atoms with E-state index in [1.54, 1.807) is 45.9 Å². The number of nitrogens with one attached hydrogen (secondary N) is 3. The fraction of sp³-hybridized carbons (Fsp3) is 0.542. The highest BCUT2D eigenvalue weighted by Crippen LogP contribution is 2.26. The Labute approximate surface area is 215 Å². The molecule has 36 heavy (non-hydrogen) atoms. The molecule has 1 fully saturated rings.